The molecule has 3 aliphatic rings. The van der Waals surface area contributed by atoms with Crippen molar-refractivity contribution < 1.29 is 17.9 Å². The third-order valence-electron chi connectivity index (χ3n) is 10.1. The fourth-order valence-electron chi connectivity index (χ4n) is 7.55. The number of carbonyl (C=O) groups excluding carboxylic acids is 1. The van der Waals surface area contributed by atoms with Crippen molar-refractivity contribution in [3.05, 3.63) is 71.3 Å². The molecule has 2 saturated heterocycles. The van der Waals surface area contributed by atoms with Crippen molar-refractivity contribution >= 4 is 32.4 Å². The van der Waals surface area contributed by atoms with Gasteiger partial charge in [0.25, 0.3) is 0 Å². The lowest BCUT2D eigenvalue weighted by Crippen LogP contribution is -2.55. The lowest BCUT2D eigenvalue weighted by molar-refractivity contribution is -0.149. The van der Waals surface area contributed by atoms with E-state index in [1.807, 2.05) is 64.0 Å². The molecular formula is C38H49N5O4S. The molecule has 1 aromatic heterocycles. The van der Waals surface area contributed by atoms with Crippen LogP contribution in [0.5, 0.6) is 5.88 Å². The zero-order valence-electron chi connectivity index (χ0n) is 29.3. The molecule has 1 atom stereocenters. The maximum absolute atomic E-state index is 13.9. The molecule has 10 heteroatoms. The van der Waals surface area contributed by atoms with Crippen molar-refractivity contribution in [1.82, 2.24) is 19.8 Å². The van der Waals surface area contributed by atoms with Crippen LogP contribution in [0.15, 0.2) is 59.5 Å². The number of aryl methyl sites for hydroxylation is 2. The average molecular weight is 672 g/mol. The minimum absolute atomic E-state index is 0.121. The number of piperidine rings is 2. The zero-order valence-corrected chi connectivity index (χ0v) is 30.1. The van der Waals surface area contributed by atoms with Gasteiger partial charge in [-0.15, -0.1) is 5.10 Å². The number of rotatable bonds is 11. The number of hydrogen-bond acceptors (Lipinski definition) is 6. The highest BCUT2D eigenvalue weighted by molar-refractivity contribution is 7.89. The summed E-state index contributed by atoms with van der Waals surface area (Å²) in [5.41, 5.74) is 4.80. The van der Waals surface area contributed by atoms with Crippen LogP contribution in [0.25, 0.3) is 22.0 Å². The van der Waals surface area contributed by atoms with Gasteiger partial charge in [-0.25, -0.2) is 13.1 Å². The second-order valence-electron chi connectivity index (χ2n) is 14.8. The van der Waals surface area contributed by atoms with Crippen LogP contribution in [0.4, 0.5) is 5.69 Å². The number of sulfonamides is 1. The molecule has 1 aliphatic carbocycles. The Morgan fingerprint density at radius 2 is 1.73 bits per heavy atom. The van der Waals surface area contributed by atoms with E-state index in [0.717, 1.165) is 58.4 Å². The van der Waals surface area contributed by atoms with Gasteiger partial charge in [0, 0.05) is 61.3 Å². The largest absolute Gasteiger partial charge is 0.475 e. The Bertz CT molecular complexity index is 1900. The quantitative estimate of drug-likeness (QED) is 0.182. The lowest BCUT2D eigenvalue weighted by atomic mass is 9.78. The first kappa shape index (κ1) is 34.0. The van der Waals surface area contributed by atoms with Crippen LogP contribution < -0.4 is 14.4 Å². The molecule has 3 aromatic carbocycles. The maximum atomic E-state index is 13.9. The van der Waals surface area contributed by atoms with E-state index < -0.39 is 15.4 Å². The van der Waals surface area contributed by atoms with Gasteiger partial charge in [-0.2, -0.15) is 0 Å². The molecule has 7 rings (SSSR count). The molecule has 1 saturated carbocycles. The van der Waals surface area contributed by atoms with Crippen molar-refractivity contribution in [2.45, 2.75) is 77.2 Å². The summed E-state index contributed by atoms with van der Waals surface area (Å²) in [7, 11) is -0.0730. The molecule has 3 heterocycles. The van der Waals surface area contributed by atoms with E-state index in [1.54, 1.807) is 12.1 Å². The van der Waals surface area contributed by atoms with Gasteiger partial charge in [0.15, 0.2) is 0 Å². The fraction of sp³-hybridized carbons (Fsp3) is 0.474. The van der Waals surface area contributed by atoms with Crippen LogP contribution in [0.1, 0.15) is 69.1 Å². The van der Waals surface area contributed by atoms with Crippen LogP contribution in [0.3, 0.4) is 0 Å². The molecule has 2 N–H and O–H groups in total. The van der Waals surface area contributed by atoms with Gasteiger partial charge >= 0.3 is 0 Å². The van der Waals surface area contributed by atoms with Gasteiger partial charge in [-0.1, -0.05) is 48.4 Å². The van der Waals surface area contributed by atoms with Crippen LogP contribution >= 0.6 is 0 Å². The van der Waals surface area contributed by atoms with Gasteiger partial charge in [0.2, 0.25) is 21.8 Å². The number of nitrogens with one attached hydrogen (secondary N) is 2. The second-order valence-corrected chi connectivity index (χ2v) is 16.5. The summed E-state index contributed by atoms with van der Waals surface area (Å²) in [6.07, 6.45) is 4.59. The minimum atomic E-state index is -3.89. The van der Waals surface area contributed by atoms with Gasteiger partial charge in [0.1, 0.15) is 6.61 Å². The highest BCUT2D eigenvalue weighted by atomic mass is 32.2. The van der Waals surface area contributed by atoms with E-state index >= 15 is 0 Å². The van der Waals surface area contributed by atoms with E-state index in [4.69, 9.17) is 4.74 Å². The van der Waals surface area contributed by atoms with Crippen molar-refractivity contribution in [1.29, 1.82) is 0 Å². The summed E-state index contributed by atoms with van der Waals surface area (Å²) in [4.78, 5) is 18.0. The molecule has 2 bridgehead atoms. The Hall–Kier alpha value is -3.89. The normalized spacial score (nSPS) is 18.7. The minimum Gasteiger partial charge on any atom is -0.475 e. The van der Waals surface area contributed by atoms with Crippen LogP contribution in [-0.2, 0) is 14.8 Å². The van der Waals surface area contributed by atoms with Crippen molar-refractivity contribution in [2.75, 3.05) is 38.7 Å². The third-order valence-corrected chi connectivity index (χ3v) is 11.6. The summed E-state index contributed by atoms with van der Waals surface area (Å²) < 4.78 is 37.2. The molecule has 9 nitrogen and oxygen atoms in total. The SMILES string of the molecule is Cc1cc(C)cc(-c2[nH]nc(OCC(C)(C)C(=O)N3CC4CCC3CC4)c2[C@H](C)CNS(=O)(=O)c2cccc3cccc(N(C)C)c23)c1. The first-order valence-corrected chi connectivity index (χ1v) is 18.5. The molecule has 0 radical (unpaired) electrons. The molecule has 256 valence electrons. The third kappa shape index (κ3) is 6.69. The summed E-state index contributed by atoms with van der Waals surface area (Å²) in [6.45, 7) is 11.1. The monoisotopic (exact) mass is 671 g/mol. The van der Waals surface area contributed by atoms with Crippen molar-refractivity contribution in [2.24, 2.45) is 11.3 Å². The summed E-state index contributed by atoms with van der Waals surface area (Å²) in [6, 6.07) is 17.8. The van der Waals surface area contributed by atoms with Gasteiger partial charge in [-0.05, 0) is 88.9 Å². The number of amides is 1. The van der Waals surface area contributed by atoms with E-state index in [1.165, 1.54) is 12.8 Å². The second kappa shape index (κ2) is 13.2. The maximum Gasteiger partial charge on any atom is 0.241 e. The number of carbonyl (C=O) groups is 1. The number of anilines is 1. The summed E-state index contributed by atoms with van der Waals surface area (Å²) in [5, 5.41) is 9.34. The molecule has 4 aromatic rings. The number of ether oxygens (including phenoxy) is 1. The zero-order chi connectivity index (χ0) is 34.4. The van der Waals surface area contributed by atoms with E-state index in [0.29, 0.717) is 23.2 Å². The van der Waals surface area contributed by atoms with Crippen LogP contribution in [0, 0.1) is 25.2 Å². The predicted molar refractivity (Wildman–Crippen MR) is 192 cm³/mol. The van der Waals surface area contributed by atoms with E-state index in [9.17, 15) is 13.2 Å². The van der Waals surface area contributed by atoms with E-state index in [-0.39, 0.29) is 29.9 Å². The number of benzene rings is 3. The molecule has 0 unspecified atom stereocenters. The molecule has 1 amide bonds. The average Bonchev–Trinajstić information content (AvgIpc) is 3.50. The molecule has 0 spiro atoms. The molecular weight excluding hydrogens is 623 g/mol. The lowest BCUT2D eigenvalue weighted by Gasteiger charge is -2.47. The highest BCUT2D eigenvalue weighted by Gasteiger charge is 2.42. The molecule has 48 heavy (non-hydrogen) atoms. The summed E-state index contributed by atoms with van der Waals surface area (Å²) in [5.74, 6) is 0.791. The Morgan fingerprint density at radius 1 is 1.06 bits per heavy atom. The van der Waals surface area contributed by atoms with Crippen LogP contribution in [-0.4, -0.2) is 69.3 Å². The van der Waals surface area contributed by atoms with Crippen LogP contribution in [0.2, 0.25) is 0 Å². The smallest absolute Gasteiger partial charge is 0.241 e. The number of nitrogens with zero attached hydrogens (tertiary/aromatic N) is 3. The topological polar surface area (TPSA) is 108 Å². The number of aromatic amines is 1. The number of fused-ring (bicyclic) bond motifs is 4. The number of aromatic nitrogens is 2. The fourth-order valence-corrected chi connectivity index (χ4v) is 8.93. The Morgan fingerprint density at radius 3 is 2.35 bits per heavy atom. The Balaban J connectivity index is 1.28. The van der Waals surface area contributed by atoms with Crippen molar-refractivity contribution in [3.63, 3.8) is 0 Å². The highest BCUT2D eigenvalue weighted by Crippen LogP contribution is 2.39. The van der Waals surface area contributed by atoms with Gasteiger partial charge in [-0.3, -0.25) is 9.89 Å². The Kier molecular flexibility index (Phi) is 9.34. The Labute approximate surface area is 285 Å². The van der Waals surface area contributed by atoms with E-state index in [2.05, 4.69) is 51.9 Å². The first-order chi connectivity index (χ1) is 22.7. The van der Waals surface area contributed by atoms with Gasteiger partial charge in [0.05, 0.1) is 16.0 Å². The standard InChI is InChI=1S/C38H49N5O4S/c1-24-18-25(2)20-29(19-24)35-33(36(41-40-35)47-23-38(4,5)37(44)43-22-27-14-16-30(43)17-15-27)26(3)21-39-48(45,46)32-13-9-11-28-10-8-12-31(34(28)32)42(6)7/h8-13,18-20,26-27,30,39H,14-17,21-23H2,1-7H3,(H,40,41)/t26-,27?,30?/m1/s1. The molecule has 3 fully saturated rings. The number of hydrogen-bond donors (Lipinski definition) is 2. The molecule has 2 aliphatic heterocycles. The number of H-pyrrole nitrogens is 1. The predicted octanol–water partition coefficient (Wildman–Crippen LogP) is 6.80. The summed E-state index contributed by atoms with van der Waals surface area (Å²) >= 11 is 0. The first-order valence-electron chi connectivity index (χ1n) is 17.0. The van der Waals surface area contributed by atoms with Crippen molar-refractivity contribution in [3.8, 4) is 17.1 Å². The van der Waals surface area contributed by atoms with Gasteiger partial charge < -0.3 is 14.5 Å².